The van der Waals surface area contributed by atoms with E-state index in [-0.39, 0.29) is 35.8 Å². The highest BCUT2D eigenvalue weighted by Crippen LogP contribution is 2.31. The largest absolute Gasteiger partial charge is 0.448 e. The molecule has 0 bridgehead atoms. The fourth-order valence-electron chi connectivity index (χ4n) is 4.13. The normalized spacial score (nSPS) is 13.1. The quantitative estimate of drug-likeness (QED) is 0.120. The van der Waals surface area contributed by atoms with Gasteiger partial charge in [0.05, 0.1) is 28.5 Å². The molecule has 0 radical (unpaired) electrons. The van der Waals surface area contributed by atoms with Gasteiger partial charge >= 0.3 is 18.3 Å². The van der Waals surface area contributed by atoms with E-state index in [0.29, 0.717) is 28.3 Å². The van der Waals surface area contributed by atoms with Gasteiger partial charge in [0.2, 0.25) is 5.95 Å². The van der Waals surface area contributed by atoms with E-state index in [1.165, 1.54) is 18.4 Å². The molecule has 16 heteroatoms. The summed E-state index contributed by atoms with van der Waals surface area (Å²) < 4.78 is 60.5. The Labute approximate surface area is 269 Å². The third-order valence-corrected chi connectivity index (χ3v) is 8.02. The monoisotopic (exact) mass is 671 g/mol. The maximum absolute atomic E-state index is 13.1. The first-order valence-corrected chi connectivity index (χ1v) is 16.1. The molecule has 0 aliphatic carbocycles. The molecule has 248 valence electrons. The first-order chi connectivity index (χ1) is 22.3. The van der Waals surface area contributed by atoms with Gasteiger partial charge in [0.15, 0.2) is 0 Å². The molecule has 0 saturated heterocycles. The van der Waals surface area contributed by atoms with Gasteiger partial charge in [0, 0.05) is 46.0 Å². The topological polar surface area (TPSA) is 167 Å². The van der Waals surface area contributed by atoms with Crippen LogP contribution in [0.1, 0.15) is 19.4 Å². The minimum Gasteiger partial charge on any atom is -0.448 e. The second-order valence-corrected chi connectivity index (χ2v) is 12.4. The van der Waals surface area contributed by atoms with Crippen LogP contribution in [0.4, 0.5) is 51.6 Å². The SMILES string of the molecule is CCOC(=O)N=S(C)(=O)c1cccc(Nc2ncc(-c3ccc(NC(=O)Nc4cccc(C(F)(F)F)c4)cc3)c(NC(C)CO)n2)c1. The Balaban J connectivity index is 1.52. The molecule has 2 unspecified atom stereocenters. The number of halogens is 3. The van der Waals surface area contributed by atoms with Crippen molar-refractivity contribution < 1.29 is 36.8 Å². The van der Waals surface area contributed by atoms with Gasteiger partial charge in [0.25, 0.3) is 0 Å². The zero-order valence-corrected chi connectivity index (χ0v) is 26.3. The summed E-state index contributed by atoms with van der Waals surface area (Å²) in [6, 6.07) is 16.2. The lowest BCUT2D eigenvalue weighted by molar-refractivity contribution is -0.137. The summed E-state index contributed by atoms with van der Waals surface area (Å²) in [6.07, 6.45) is -2.59. The van der Waals surface area contributed by atoms with Gasteiger partial charge in [-0.25, -0.2) is 18.8 Å². The minimum atomic E-state index is -4.54. The predicted molar refractivity (Wildman–Crippen MR) is 173 cm³/mol. The highest BCUT2D eigenvalue weighted by atomic mass is 32.2. The maximum Gasteiger partial charge on any atom is 0.442 e. The molecule has 1 aromatic heterocycles. The van der Waals surface area contributed by atoms with Crippen LogP contribution < -0.4 is 21.3 Å². The summed E-state index contributed by atoms with van der Waals surface area (Å²) in [7, 11) is -3.09. The molecule has 0 saturated carbocycles. The van der Waals surface area contributed by atoms with E-state index in [1.54, 1.807) is 68.6 Å². The summed E-state index contributed by atoms with van der Waals surface area (Å²) in [6.45, 7) is 3.29. The van der Waals surface area contributed by atoms with E-state index in [4.69, 9.17) is 4.74 Å². The van der Waals surface area contributed by atoms with Gasteiger partial charge in [0.1, 0.15) is 5.82 Å². The Kier molecular flexibility index (Phi) is 11.0. The number of rotatable bonds is 10. The molecule has 12 nitrogen and oxygen atoms in total. The number of aliphatic hydroxyl groups excluding tert-OH is 1. The molecule has 3 aromatic carbocycles. The van der Waals surface area contributed by atoms with Crippen molar-refractivity contribution >= 4 is 50.7 Å². The van der Waals surface area contributed by atoms with E-state index in [9.17, 15) is 32.1 Å². The van der Waals surface area contributed by atoms with Crippen LogP contribution in [0.3, 0.4) is 0 Å². The summed E-state index contributed by atoms with van der Waals surface area (Å²) in [5.41, 5.74) is 1.16. The number of amides is 3. The lowest BCUT2D eigenvalue weighted by Gasteiger charge is -2.17. The number of aromatic nitrogens is 2. The van der Waals surface area contributed by atoms with Crippen molar-refractivity contribution in [3.05, 3.63) is 84.6 Å². The molecule has 5 N–H and O–H groups in total. The summed E-state index contributed by atoms with van der Waals surface area (Å²) >= 11 is 0. The highest BCUT2D eigenvalue weighted by Gasteiger charge is 2.30. The number of nitrogens with zero attached hydrogens (tertiary/aromatic N) is 3. The van der Waals surface area contributed by atoms with Crippen molar-refractivity contribution in [2.75, 3.05) is 40.7 Å². The Morgan fingerprint density at radius 3 is 2.36 bits per heavy atom. The molecule has 47 heavy (non-hydrogen) atoms. The third kappa shape index (κ3) is 9.64. The Morgan fingerprint density at radius 2 is 1.68 bits per heavy atom. The van der Waals surface area contributed by atoms with Crippen molar-refractivity contribution in [3.63, 3.8) is 0 Å². The van der Waals surface area contributed by atoms with Crippen LogP contribution in [0.15, 0.2) is 88.3 Å². The molecule has 3 amide bonds. The van der Waals surface area contributed by atoms with E-state index < -0.39 is 33.6 Å². The van der Waals surface area contributed by atoms with Crippen molar-refractivity contribution in [2.24, 2.45) is 4.36 Å². The highest BCUT2D eigenvalue weighted by molar-refractivity contribution is 7.93. The predicted octanol–water partition coefficient (Wildman–Crippen LogP) is 6.96. The lowest BCUT2D eigenvalue weighted by Crippen LogP contribution is -2.21. The molecule has 2 atom stereocenters. The number of alkyl halides is 3. The summed E-state index contributed by atoms with van der Waals surface area (Å²) in [5, 5.41) is 20.8. The van der Waals surface area contributed by atoms with Crippen LogP contribution in [0.2, 0.25) is 0 Å². The molecule has 4 rings (SSSR count). The van der Waals surface area contributed by atoms with Crippen molar-refractivity contribution in [1.29, 1.82) is 0 Å². The fraction of sp³-hybridized carbons (Fsp3) is 0.226. The second kappa shape index (κ2) is 14.9. The number of carbonyl (C=O) groups is 2. The Bertz CT molecular complexity index is 1860. The number of hydrogen-bond acceptors (Lipinski definition) is 9. The van der Waals surface area contributed by atoms with Crippen molar-refractivity contribution in [3.8, 4) is 11.1 Å². The number of urea groups is 1. The van der Waals surface area contributed by atoms with Crippen LogP contribution in [-0.2, 0) is 20.6 Å². The maximum atomic E-state index is 13.1. The molecule has 0 aliphatic heterocycles. The van der Waals surface area contributed by atoms with E-state index in [0.717, 1.165) is 12.1 Å². The van der Waals surface area contributed by atoms with Gasteiger partial charge in [-0.2, -0.15) is 18.2 Å². The molecule has 0 spiro atoms. The average molecular weight is 672 g/mol. The second-order valence-electron chi connectivity index (χ2n) is 10.2. The number of aliphatic hydroxyl groups is 1. The van der Waals surface area contributed by atoms with Crippen LogP contribution in [-0.4, -0.2) is 56.9 Å². The third-order valence-electron chi connectivity index (χ3n) is 6.39. The zero-order chi connectivity index (χ0) is 34.2. The Hall–Kier alpha value is -5.22. The summed E-state index contributed by atoms with van der Waals surface area (Å²) in [4.78, 5) is 33.5. The molecule has 4 aromatic rings. The van der Waals surface area contributed by atoms with E-state index in [1.807, 2.05) is 0 Å². The van der Waals surface area contributed by atoms with Crippen molar-refractivity contribution in [1.82, 2.24) is 9.97 Å². The van der Waals surface area contributed by atoms with Gasteiger partial charge in [-0.1, -0.05) is 24.3 Å². The minimum absolute atomic E-state index is 0.0183. The summed E-state index contributed by atoms with van der Waals surface area (Å²) in [5.74, 6) is 0.549. The number of carbonyl (C=O) groups excluding carboxylic acids is 2. The molecular weight excluding hydrogens is 639 g/mol. The standard InChI is InChI=1S/C31H32F3N7O5S/c1-4-46-30(44)41-47(3,45)25-10-6-9-24(16-25)37-28-35-17-26(27(40-28)36-19(2)18-42)20-11-13-22(14-12-20)38-29(43)39-23-8-5-7-21(15-23)31(32,33)34/h5-17,19,42H,4,18H2,1-3H3,(H2,38,39,43)(H2,35,36,37,40). The fourth-order valence-corrected chi connectivity index (χ4v) is 5.24. The molecular formula is C31H32F3N7O5S. The van der Waals surface area contributed by atoms with Gasteiger partial charge < -0.3 is 31.1 Å². The van der Waals surface area contributed by atoms with Crippen molar-refractivity contribution in [2.45, 2.75) is 31.0 Å². The Morgan fingerprint density at radius 1 is 1.00 bits per heavy atom. The molecule has 0 aliphatic rings. The number of nitrogens with one attached hydrogen (secondary N) is 4. The van der Waals surface area contributed by atoms with Gasteiger partial charge in [-0.15, -0.1) is 4.36 Å². The average Bonchev–Trinajstić information content (AvgIpc) is 3.01. The first kappa shape index (κ1) is 34.6. The van der Waals surface area contributed by atoms with E-state index in [2.05, 4.69) is 35.6 Å². The smallest absolute Gasteiger partial charge is 0.442 e. The number of benzene rings is 3. The van der Waals surface area contributed by atoms with Crippen LogP contribution in [0.25, 0.3) is 11.1 Å². The van der Waals surface area contributed by atoms with E-state index >= 15 is 0 Å². The van der Waals surface area contributed by atoms with Crippen LogP contribution in [0.5, 0.6) is 0 Å². The number of anilines is 5. The molecule has 1 heterocycles. The van der Waals surface area contributed by atoms with Gasteiger partial charge in [-0.05, 0) is 67.9 Å². The van der Waals surface area contributed by atoms with Crippen LogP contribution in [0, 0.1) is 0 Å². The van der Waals surface area contributed by atoms with Crippen LogP contribution >= 0.6 is 0 Å². The number of hydrogen-bond donors (Lipinski definition) is 5. The first-order valence-electron chi connectivity index (χ1n) is 14.1. The van der Waals surface area contributed by atoms with Gasteiger partial charge in [-0.3, -0.25) is 0 Å². The number of ether oxygens (including phenoxy) is 1. The lowest BCUT2D eigenvalue weighted by atomic mass is 10.1. The zero-order valence-electron chi connectivity index (χ0n) is 25.5. The molecule has 0 fully saturated rings.